The van der Waals surface area contributed by atoms with E-state index in [2.05, 4.69) is 5.32 Å². The number of aryl methyl sites for hydroxylation is 1. The average molecular weight is 357 g/mol. The number of aliphatic hydroxyl groups excluding tert-OH is 1. The summed E-state index contributed by atoms with van der Waals surface area (Å²) in [6, 6.07) is 16.6. The highest BCUT2D eigenvalue weighted by molar-refractivity contribution is 5.76. The molecule has 0 aliphatic heterocycles. The van der Waals surface area contributed by atoms with Crippen molar-refractivity contribution in [1.29, 1.82) is 0 Å². The Hall–Kier alpha value is -2.37. The van der Waals surface area contributed by atoms with E-state index in [0.717, 1.165) is 11.1 Å². The monoisotopic (exact) mass is 357 g/mol. The molecule has 0 saturated carbocycles. The van der Waals surface area contributed by atoms with E-state index in [-0.39, 0.29) is 30.4 Å². The molecule has 5 heteroatoms. The van der Waals surface area contributed by atoms with E-state index >= 15 is 0 Å². The molecule has 1 unspecified atom stereocenters. The van der Waals surface area contributed by atoms with Gasteiger partial charge in [0.2, 0.25) is 5.91 Å². The standard InChI is InChI=1S/C21H27NO4/c1-16(14-23)26-15-19(13-18-7-10-20(24)11-8-18)22-21(25)12-9-17-5-3-2-4-6-17/h2-8,10-11,16,19,23-24H,9,12-15H2,1H3,(H,22,25)/t16-,19?/m1/s1. The van der Waals surface area contributed by atoms with Gasteiger partial charge < -0.3 is 20.3 Å². The van der Waals surface area contributed by atoms with Crippen LogP contribution in [0.4, 0.5) is 0 Å². The third kappa shape index (κ3) is 7.25. The average Bonchev–Trinajstić information content (AvgIpc) is 2.66. The van der Waals surface area contributed by atoms with Gasteiger partial charge in [-0.25, -0.2) is 0 Å². The molecule has 140 valence electrons. The molecule has 2 rings (SSSR count). The number of benzene rings is 2. The van der Waals surface area contributed by atoms with Crippen LogP contribution in [-0.4, -0.2) is 41.5 Å². The molecule has 0 bridgehead atoms. The van der Waals surface area contributed by atoms with Crippen LogP contribution in [0.15, 0.2) is 54.6 Å². The van der Waals surface area contributed by atoms with Gasteiger partial charge in [0, 0.05) is 6.42 Å². The van der Waals surface area contributed by atoms with Crippen LogP contribution in [0.5, 0.6) is 5.75 Å². The zero-order valence-electron chi connectivity index (χ0n) is 15.1. The number of carbonyl (C=O) groups excluding carboxylic acids is 1. The van der Waals surface area contributed by atoms with E-state index in [4.69, 9.17) is 9.84 Å². The number of ether oxygens (including phenoxy) is 1. The summed E-state index contributed by atoms with van der Waals surface area (Å²) in [6.45, 7) is 2.04. The highest BCUT2D eigenvalue weighted by Crippen LogP contribution is 2.12. The maximum Gasteiger partial charge on any atom is 0.220 e. The number of phenols is 1. The fourth-order valence-electron chi connectivity index (χ4n) is 2.60. The van der Waals surface area contributed by atoms with E-state index in [9.17, 15) is 9.90 Å². The first-order chi connectivity index (χ1) is 12.6. The molecule has 0 aliphatic carbocycles. The molecule has 0 aliphatic rings. The highest BCUT2D eigenvalue weighted by Gasteiger charge is 2.15. The summed E-state index contributed by atoms with van der Waals surface area (Å²) in [5.74, 6) is 0.181. The largest absolute Gasteiger partial charge is 0.508 e. The molecule has 2 aromatic rings. The lowest BCUT2D eigenvalue weighted by Gasteiger charge is -2.21. The Morgan fingerprint density at radius 2 is 1.77 bits per heavy atom. The first-order valence-electron chi connectivity index (χ1n) is 8.90. The van der Waals surface area contributed by atoms with Crippen molar-refractivity contribution in [2.45, 2.75) is 38.3 Å². The maximum atomic E-state index is 12.3. The lowest BCUT2D eigenvalue weighted by Crippen LogP contribution is -2.41. The minimum Gasteiger partial charge on any atom is -0.508 e. The van der Waals surface area contributed by atoms with E-state index < -0.39 is 0 Å². The second-order valence-electron chi connectivity index (χ2n) is 6.45. The molecule has 0 saturated heterocycles. The van der Waals surface area contributed by atoms with Gasteiger partial charge in [-0.1, -0.05) is 42.5 Å². The molecule has 3 N–H and O–H groups in total. The Bertz CT molecular complexity index is 657. The van der Waals surface area contributed by atoms with Gasteiger partial charge in [-0.2, -0.15) is 0 Å². The summed E-state index contributed by atoms with van der Waals surface area (Å²) in [5, 5.41) is 21.5. The number of hydrogen-bond acceptors (Lipinski definition) is 4. The van der Waals surface area contributed by atoms with Crippen molar-refractivity contribution in [3.63, 3.8) is 0 Å². The molecular formula is C21H27NO4. The van der Waals surface area contributed by atoms with Crippen molar-refractivity contribution in [2.75, 3.05) is 13.2 Å². The molecule has 0 spiro atoms. The number of carbonyl (C=O) groups is 1. The zero-order valence-corrected chi connectivity index (χ0v) is 15.1. The zero-order chi connectivity index (χ0) is 18.8. The van der Waals surface area contributed by atoms with Crippen molar-refractivity contribution in [2.24, 2.45) is 0 Å². The first kappa shape index (κ1) is 19.9. The van der Waals surface area contributed by atoms with Crippen LogP contribution in [0, 0.1) is 0 Å². The summed E-state index contributed by atoms with van der Waals surface area (Å²) in [5.41, 5.74) is 2.12. The third-order valence-electron chi connectivity index (χ3n) is 4.11. The molecule has 0 radical (unpaired) electrons. The number of aromatic hydroxyl groups is 1. The fourth-order valence-corrected chi connectivity index (χ4v) is 2.60. The molecule has 26 heavy (non-hydrogen) atoms. The Balaban J connectivity index is 1.91. The number of aliphatic hydroxyl groups is 1. The predicted octanol–water partition coefficient (Wildman–Crippen LogP) is 2.45. The SMILES string of the molecule is C[C@H](CO)OCC(Cc1ccc(O)cc1)NC(=O)CCc1ccccc1. The summed E-state index contributed by atoms with van der Waals surface area (Å²) >= 11 is 0. The van der Waals surface area contributed by atoms with Crippen molar-refractivity contribution < 1.29 is 19.7 Å². The van der Waals surface area contributed by atoms with E-state index in [1.54, 1.807) is 19.1 Å². The topological polar surface area (TPSA) is 78.8 Å². The third-order valence-corrected chi connectivity index (χ3v) is 4.11. The van der Waals surface area contributed by atoms with Gasteiger partial charge in [0.05, 0.1) is 25.4 Å². The van der Waals surface area contributed by atoms with E-state index in [1.165, 1.54) is 0 Å². The molecule has 0 aromatic heterocycles. The molecule has 5 nitrogen and oxygen atoms in total. The van der Waals surface area contributed by atoms with Crippen LogP contribution in [0.1, 0.15) is 24.5 Å². The van der Waals surface area contributed by atoms with Crippen LogP contribution in [0.2, 0.25) is 0 Å². The summed E-state index contributed by atoms with van der Waals surface area (Å²) in [6.07, 6.45) is 1.41. The van der Waals surface area contributed by atoms with Gasteiger partial charge in [0.1, 0.15) is 5.75 Å². The summed E-state index contributed by atoms with van der Waals surface area (Å²) < 4.78 is 5.60. The van der Waals surface area contributed by atoms with Crippen molar-refractivity contribution in [3.05, 3.63) is 65.7 Å². The highest BCUT2D eigenvalue weighted by atomic mass is 16.5. The first-order valence-corrected chi connectivity index (χ1v) is 8.90. The van der Waals surface area contributed by atoms with Crippen LogP contribution < -0.4 is 5.32 Å². The minimum absolute atomic E-state index is 0.0297. The number of nitrogens with one attached hydrogen (secondary N) is 1. The number of rotatable bonds is 10. The molecule has 1 amide bonds. The summed E-state index contributed by atoms with van der Waals surface area (Å²) in [7, 11) is 0. The molecule has 0 heterocycles. The van der Waals surface area contributed by atoms with Crippen molar-refractivity contribution >= 4 is 5.91 Å². The van der Waals surface area contributed by atoms with Gasteiger partial charge in [0.15, 0.2) is 0 Å². The smallest absolute Gasteiger partial charge is 0.220 e. The number of hydrogen-bond donors (Lipinski definition) is 3. The molecule has 2 atom stereocenters. The minimum atomic E-state index is -0.279. The number of phenolic OH excluding ortho intramolecular Hbond substituents is 1. The quantitative estimate of drug-likeness (QED) is 0.610. The lowest BCUT2D eigenvalue weighted by atomic mass is 10.1. The van der Waals surface area contributed by atoms with Crippen LogP contribution in [0.25, 0.3) is 0 Å². The van der Waals surface area contributed by atoms with Gasteiger partial charge >= 0.3 is 0 Å². The fraction of sp³-hybridized carbons (Fsp3) is 0.381. The lowest BCUT2D eigenvalue weighted by molar-refractivity contribution is -0.122. The van der Waals surface area contributed by atoms with Gasteiger partial charge in [-0.15, -0.1) is 0 Å². The molecule has 0 fully saturated rings. The number of amides is 1. The van der Waals surface area contributed by atoms with Crippen molar-refractivity contribution in [1.82, 2.24) is 5.32 Å². The normalized spacial score (nSPS) is 13.2. The Morgan fingerprint density at radius 3 is 2.42 bits per heavy atom. The van der Waals surface area contributed by atoms with Crippen LogP contribution >= 0.6 is 0 Å². The van der Waals surface area contributed by atoms with Gasteiger partial charge in [-0.05, 0) is 43.0 Å². The van der Waals surface area contributed by atoms with E-state index in [0.29, 0.717) is 25.9 Å². The Labute approximate surface area is 154 Å². The Kier molecular flexibility index (Phi) is 8.12. The van der Waals surface area contributed by atoms with Gasteiger partial charge in [0.25, 0.3) is 0 Å². The predicted molar refractivity (Wildman–Crippen MR) is 101 cm³/mol. The second kappa shape index (κ2) is 10.6. The van der Waals surface area contributed by atoms with Crippen LogP contribution in [-0.2, 0) is 22.4 Å². The van der Waals surface area contributed by atoms with Gasteiger partial charge in [-0.3, -0.25) is 4.79 Å². The molecular weight excluding hydrogens is 330 g/mol. The summed E-state index contributed by atoms with van der Waals surface area (Å²) in [4.78, 5) is 12.3. The second-order valence-corrected chi connectivity index (χ2v) is 6.45. The van der Waals surface area contributed by atoms with Crippen LogP contribution in [0.3, 0.4) is 0 Å². The van der Waals surface area contributed by atoms with Crippen molar-refractivity contribution in [3.8, 4) is 5.75 Å². The molecule has 2 aromatic carbocycles. The van der Waals surface area contributed by atoms with E-state index in [1.807, 2.05) is 42.5 Å². The maximum absolute atomic E-state index is 12.3. The Morgan fingerprint density at radius 1 is 1.08 bits per heavy atom.